The molecule has 0 aliphatic heterocycles. The number of oxime groups is 1. The number of aryl methyl sites for hydroxylation is 1. The predicted octanol–water partition coefficient (Wildman–Crippen LogP) is 3.58. The SMILES string of the molecule is CCc1ccc(COc2ccc(/C(N)=N/O)c(Cl)c2)cc1. The van der Waals surface area contributed by atoms with Crippen molar-refractivity contribution in [1.82, 2.24) is 0 Å². The van der Waals surface area contributed by atoms with E-state index in [0.29, 0.717) is 22.9 Å². The molecule has 0 spiro atoms. The lowest BCUT2D eigenvalue weighted by Crippen LogP contribution is -2.13. The molecule has 0 fully saturated rings. The van der Waals surface area contributed by atoms with Crippen LogP contribution in [0.4, 0.5) is 0 Å². The first-order valence-corrected chi connectivity index (χ1v) is 7.00. The van der Waals surface area contributed by atoms with Gasteiger partial charge in [-0.05, 0) is 35.7 Å². The van der Waals surface area contributed by atoms with E-state index >= 15 is 0 Å². The highest BCUT2D eigenvalue weighted by Crippen LogP contribution is 2.23. The highest BCUT2D eigenvalue weighted by Gasteiger charge is 2.07. The molecule has 0 heterocycles. The molecule has 4 nitrogen and oxygen atoms in total. The molecule has 2 aromatic rings. The average Bonchev–Trinajstić information content (AvgIpc) is 2.52. The number of benzene rings is 2. The minimum atomic E-state index is -0.0262. The molecule has 0 aliphatic carbocycles. The van der Waals surface area contributed by atoms with Gasteiger partial charge in [0.25, 0.3) is 0 Å². The molecular formula is C16H17ClN2O2. The van der Waals surface area contributed by atoms with Crippen molar-refractivity contribution in [2.24, 2.45) is 10.9 Å². The lowest BCUT2D eigenvalue weighted by Gasteiger charge is -2.09. The minimum Gasteiger partial charge on any atom is -0.489 e. The molecule has 0 bridgehead atoms. The molecule has 0 aromatic heterocycles. The van der Waals surface area contributed by atoms with Gasteiger partial charge < -0.3 is 15.7 Å². The molecule has 0 amide bonds. The van der Waals surface area contributed by atoms with Crippen molar-refractivity contribution in [3.8, 4) is 5.75 Å². The van der Waals surface area contributed by atoms with Gasteiger partial charge in [-0.15, -0.1) is 0 Å². The second-order valence-electron chi connectivity index (χ2n) is 4.59. The highest BCUT2D eigenvalue weighted by molar-refractivity contribution is 6.34. The van der Waals surface area contributed by atoms with E-state index in [1.54, 1.807) is 18.2 Å². The Labute approximate surface area is 128 Å². The molecule has 2 aromatic carbocycles. The smallest absolute Gasteiger partial charge is 0.171 e. The Morgan fingerprint density at radius 2 is 1.86 bits per heavy atom. The van der Waals surface area contributed by atoms with Crippen LogP contribution in [0.2, 0.25) is 5.02 Å². The third kappa shape index (κ3) is 3.89. The van der Waals surface area contributed by atoms with Crippen LogP contribution in [-0.4, -0.2) is 11.0 Å². The summed E-state index contributed by atoms with van der Waals surface area (Å²) < 4.78 is 5.69. The van der Waals surface area contributed by atoms with Crippen LogP contribution >= 0.6 is 11.6 Å². The number of rotatable bonds is 5. The Kier molecular flexibility index (Phi) is 5.06. The Bertz CT molecular complexity index is 639. The van der Waals surface area contributed by atoms with Crippen molar-refractivity contribution in [3.63, 3.8) is 0 Å². The van der Waals surface area contributed by atoms with Crippen LogP contribution in [0, 0.1) is 0 Å². The fourth-order valence-corrected chi connectivity index (χ4v) is 2.15. The van der Waals surface area contributed by atoms with Crippen molar-refractivity contribution < 1.29 is 9.94 Å². The zero-order valence-electron chi connectivity index (χ0n) is 11.7. The summed E-state index contributed by atoms with van der Waals surface area (Å²) in [6, 6.07) is 13.3. The van der Waals surface area contributed by atoms with Crippen LogP contribution < -0.4 is 10.5 Å². The molecule has 110 valence electrons. The molecule has 21 heavy (non-hydrogen) atoms. The molecule has 0 aliphatic rings. The monoisotopic (exact) mass is 304 g/mol. The molecule has 0 atom stereocenters. The van der Waals surface area contributed by atoms with Crippen LogP contribution in [0.5, 0.6) is 5.75 Å². The van der Waals surface area contributed by atoms with E-state index in [9.17, 15) is 0 Å². The van der Waals surface area contributed by atoms with Crippen molar-refractivity contribution in [2.75, 3.05) is 0 Å². The minimum absolute atomic E-state index is 0.0262. The van der Waals surface area contributed by atoms with Gasteiger partial charge in [0.15, 0.2) is 5.84 Å². The van der Waals surface area contributed by atoms with Gasteiger partial charge >= 0.3 is 0 Å². The third-order valence-electron chi connectivity index (χ3n) is 3.16. The summed E-state index contributed by atoms with van der Waals surface area (Å²) in [7, 11) is 0. The standard InChI is InChI=1S/C16H17ClN2O2/c1-2-11-3-5-12(6-4-11)10-21-13-7-8-14(15(17)9-13)16(18)19-20/h3-9,20H,2,10H2,1H3,(H2,18,19). The number of ether oxygens (including phenoxy) is 1. The first kappa shape index (κ1) is 15.2. The normalized spacial score (nSPS) is 11.4. The van der Waals surface area contributed by atoms with Crippen molar-refractivity contribution in [1.29, 1.82) is 0 Å². The van der Waals surface area contributed by atoms with E-state index in [2.05, 4.69) is 24.2 Å². The van der Waals surface area contributed by atoms with Crippen LogP contribution in [0.25, 0.3) is 0 Å². The maximum Gasteiger partial charge on any atom is 0.171 e. The molecule has 5 heteroatoms. The van der Waals surface area contributed by atoms with Gasteiger partial charge in [-0.2, -0.15) is 0 Å². The number of hydrogen-bond donors (Lipinski definition) is 2. The van der Waals surface area contributed by atoms with Gasteiger partial charge in [0, 0.05) is 5.56 Å². The first-order chi connectivity index (χ1) is 10.1. The second kappa shape index (κ2) is 6.99. The zero-order valence-corrected chi connectivity index (χ0v) is 12.5. The summed E-state index contributed by atoms with van der Waals surface area (Å²) >= 11 is 6.07. The number of nitrogens with two attached hydrogens (primary N) is 1. The summed E-state index contributed by atoms with van der Waals surface area (Å²) in [6.07, 6.45) is 1.02. The molecule has 0 radical (unpaired) electrons. The maximum absolute atomic E-state index is 8.65. The van der Waals surface area contributed by atoms with Crippen LogP contribution in [0.3, 0.4) is 0 Å². The summed E-state index contributed by atoms with van der Waals surface area (Å²) in [5.74, 6) is 0.607. The molecule has 0 saturated carbocycles. The summed E-state index contributed by atoms with van der Waals surface area (Å²) in [4.78, 5) is 0. The quantitative estimate of drug-likeness (QED) is 0.384. The lowest BCUT2D eigenvalue weighted by atomic mass is 10.1. The summed E-state index contributed by atoms with van der Waals surface area (Å²) in [6.45, 7) is 2.58. The first-order valence-electron chi connectivity index (χ1n) is 6.62. The molecule has 2 rings (SSSR count). The summed E-state index contributed by atoms with van der Waals surface area (Å²) in [5.41, 5.74) is 8.37. The molecule has 0 unspecified atom stereocenters. The highest BCUT2D eigenvalue weighted by atomic mass is 35.5. The van der Waals surface area contributed by atoms with E-state index in [0.717, 1.165) is 12.0 Å². The third-order valence-corrected chi connectivity index (χ3v) is 3.47. The van der Waals surface area contributed by atoms with E-state index in [1.807, 2.05) is 12.1 Å². The van der Waals surface area contributed by atoms with Gasteiger partial charge in [0.2, 0.25) is 0 Å². The Hall–Kier alpha value is -2.20. The fraction of sp³-hybridized carbons (Fsp3) is 0.188. The number of halogens is 1. The van der Waals surface area contributed by atoms with Gasteiger partial charge in [0.1, 0.15) is 12.4 Å². The second-order valence-corrected chi connectivity index (χ2v) is 4.99. The number of hydrogen-bond acceptors (Lipinski definition) is 3. The van der Waals surface area contributed by atoms with E-state index in [-0.39, 0.29) is 5.84 Å². The largest absolute Gasteiger partial charge is 0.489 e. The Morgan fingerprint density at radius 1 is 1.19 bits per heavy atom. The maximum atomic E-state index is 8.65. The van der Waals surface area contributed by atoms with Gasteiger partial charge in [-0.1, -0.05) is 47.9 Å². The van der Waals surface area contributed by atoms with E-state index in [4.69, 9.17) is 27.3 Å². The van der Waals surface area contributed by atoms with E-state index in [1.165, 1.54) is 5.56 Å². The van der Waals surface area contributed by atoms with Gasteiger partial charge in [-0.3, -0.25) is 0 Å². The number of amidine groups is 1. The fourth-order valence-electron chi connectivity index (χ4n) is 1.89. The van der Waals surface area contributed by atoms with Crippen molar-refractivity contribution >= 4 is 17.4 Å². The zero-order chi connectivity index (χ0) is 15.2. The van der Waals surface area contributed by atoms with Crippen LogP contribution in [0.15, 0.2) is 47.6 Å². The summed E-state index contributed by atoms with van der Waals surface area (Å²) in [5, 5.41) is 12.0. The Morgan fingerprint density at radius 3 is 2.43 bits per heavy atom. The molecule has 0 saturated heterocycles. The van der Waals surface area contributed by atoms with Crippen LogP contribution in [0.1, 0.15) is 23.6 Å². The molecule has 3 N–H and O–H groups in total. The van der Waals surface area contributed by atoms with Gasteiger partial charge in [0.05, 0.1) is 5.02 Å². The number of nitrogens with zero attached hydrogens (tertiary/aromatic N) is 1. The van der Waals surface area contributed by atoms with Crippen LogP contribution in [-0.2, 0) is 13.0 Å². The average molecular weight is 305 g/mol. The Balaban J connectivity index is 2.04. The van der Waals surface area contributed by atoms with E-state index < -0.39 is 0 Å². The lowest BCUT2D eigenvalue weighted by molar-refractivity contribution is 0.306. The van der Waals surface area contributed by atoms with Crippen molar-refractivity contribution in [3.05, 3.63) is 64.2 Å². The van der Waals surface area contributed by atoms with Crippen molar-refractivity contribution in [2.45, 2.75) is 20.0 Å². The van der Waals surface area contributed by atoms with Gasteiger partial charge in [-0.25, -0.2) is 0 Å². The predicted molar refractivity (Wildman–Crippen MR) is 84.1 cm³/mol. The topological polar surface area (TPSA) is 67.8 Å². The molecular weight excluding hydrogens is 288 g/mol.